The first-order valence-electron chi connectivity index (χ1n) is 4.67. The van der Waals surface area contributed by atoms with Crippen LogP contribution in [0.4, 0.5) is 0 Å². The Kier molecular flexibility index (Phi) is 2.33. The molecule has 1 aromatic heterocycles. The number of hydrogen-bond acceptors (Lipinski definition) is 3. The fourth-order valence-corrected chi connectivity index (χ4v) is 1.44. The number of benzene rings is 1. The number of rotatable bonds is 1. The molecule has 0 aliphatic rings. The average Bonchev–Trinajstić information content (AvgIpc) is 2.27. The highest BCUT2D eigenvalue weighted by Crippen LogP contribution is 2.14. The van der Waals surface area contributed by atoms with E-state index >= 15 is 0 Å². The second-order valence-corrected chi connectivity index (χ2v) is 3.26. The van der Waals surface area contributed by atoms with Gasteiger partial charge in [0.15, 0.2) is 0 Å². The number of para-hydroxylation sites is 1. The molecule has 0 saturated heterocycles. The molecule has 0 unspecified atom stereocenters. The number of hydrogen-bond donors (Lipinski definition) is 1. The zero-order valence-electron chi connectivity index (χ0n) is 8.61. The normalized spacial score (nSPS) is 10.3. The average molecular weight is 201 g/mol. The lowest BCUT2D eigenvalue weighted by molar-refractivity contribution is 0.0964. The number of fused-ring (bicyclic) bond motifs is 1. The predicted molar refractivity (Wildman–Crippen MR) is 57.7 cm³/mol. The smallest absolute Gasteiger partial charge is 0.253 e. The van der Waals surface area contributed by atoms with E-state index in [0.717, 1.165) is 11.2 Å². The minimum Gasteiger partial charge on any atom is -0.355 e. The van der Waals surface area contributed by atoms with Crippen molar-refractivity contribution in [1.29, 1.82) is 0 Å². The SMILES string of the molecule is CNC(=O)c1cccc2ncc(C)nc12. The van der Waals surface area contributed by atoms with E-state index in [4.69, 9.17) is 0 Å². The van der Waals surface area contributed by atoms with E-state index in [1.165, 1.54) is 0 Å². The lowest BCUT2D eigenvalue weighted by Gasteiger charge is -2.04. The Balaban J connectivity index is 2.74. The Hall–Kier alpha value is -1.97. The van der Waals surface area contributed by atoms with Gasteiger partial charge in [-0.3, -0.25) is 9.78 Å². The maximum Gasteiger partial charge on any atom is 0.253 e. The largest absolute Gasteiger partial charge is 0.355 e. The molecule has 4 nitrogen and oxygen atoms in total. The highest BCUT2D eigenvalue weighted by atomic mass is 16.1. The number of carbonyl (C=O) groups excluding carboxylic acids is 1. The summed E-state index contributed by atoms with van der Waals surface area (Å²) in [5.74, 6) is -0.138. The van der Waals surface area contributed by atoms with Crippen LogP contribution in [0.15, 0.2) is 24.4 Å². The standard InChI is InChI=1S/C11H11N3O/c1-7-6-13-9-5-3-4-8(10(9)14-7)11(15)12-2/h3-6H,1-2H3,(H,12,15). The first-order chi connectivity index (χ1) is 7.22. The zero-order valence-corrected chi connectivity index (χ0v) is 8.61. The summed E-state index contributed by atoms with van der Waals surface area (Å²) in [5.41, 5.74) is 2.75. The Morgan fingerprint density at radius 2 is 2.20 bits per heavy atom. The van der Waals surface area contributed by atoms with Gasteiger partial charge in [-0.1, -0.05) is 6.07 Å². The monoisotopic (exact) mass is 201 g/mol. The van der Waals surface area contributed by atoms with Gasteiger partial charge in [-0.2, -0.15) is 0 Å². The van der Waals surface area contributed by atoms with E-state index in [2.05, 4.69) is 15.3 Å². The molecular formula is C11H11N3O. The van der Waals surface area contributed by atoms with Crippen molar-refractivity contribution >= 4 is 16.9 Å². The van der Waals surface area contributed by atoms with Gasteiger partial charge in [0.25, 0.3) is 5.91 Å². The van der Waals surface area contributed by atoms with Crippen molar-refractivity contribution in [3.63, 3.8) is 0 Å². The summed E-state index contributed by atoms with van der Waals surface area (Å²) in [4.78, 5) is 20.1. The molecule has 76 valence electrons. The van der Waals surface area contributed by atoms with Gasteiger partial charge in [-0.15, -0.1) is 0 Å². The molecule has 0 saturated carbocycles. The van der Waals surface area contributed by atoms with Crippen LogP contribution in [-0.2, 0) is 0 Å². The van der Waals surface area contributed by atoms with Gasteiger partial charge in [0.1, 0.15) is 5.52 Å². The molecule has 1 N–H and O–H groups in total. The topological polar surface area (TPSA) is 54.9 Å². The molecule has 1 heterocycles. The van der Waals surface area contributed by atoms with Crippen LogP contribution in [0.25, 0.3) is 11.0 Å². The number of nitrogens with one attached hydrogen (secondary N) is 1. The summed E-state index contributed by atoms with van der Waals surface area (Å²) >= 11 is 0. The van der Waals surface area contributed by atoms with Crippen LogP contribution in [0.5, 0.6) is 0 Å². The van der Waals surface area contributed by atoms with E-state index in [9.17, 15) is 4.79 Å². The van der Waals surface area contributed by atoms with E-state index in [1.807, 2.05) is 13.0 Å². The molecule has 4 heteroatoms. The highest BCUT2D eigenvalue weighted by Gasteiger charge is 2.09. The van der Waals surface area contributed by atoms with Crippen molar-refractivity contribution in [2.75, 3.05) is 7.05 Å². The van der Waals surface area contributed by atoms with Crippen molar-refractivity contribution in [3.8, 4) is 0 Å². The van der Waals surface area contributed by atoms with Gasteiger partial charge >= 0.3 is 0 Å². The molecule has 0 atom stereocenters. The summed E-state index contributed by atoms with van der Waals surface area (Å²) < 4.78 is 0. The van der Waals surface area contributed by atoms with Crippen LogP contribution < -0.4 is 5.32 Å². The van der Waals surface area contributed by atoms with Gasteiger partial charge in [-0.05, 0) is 19.1 Å². The van der Waals surface area contributed by atoms with Crippen molar-refractivity contribution in [2.45, 2.75) is 6.92 Å². The van der Waals surface area contributed by atoms with Crippen LogP contribution in [-0.4, -0.2) is 22.9 Å². The molecule has 1 aromatic carbocycles. The predicted octanol–water partition coefficient (Wildman–Crippen LogP) is 1.30. The lowest BCUT2D eigenvalue weighted by Crippen LogP contribution is -2.18. The zero-order chi connectivity index (χ0) is 10.8. The number of amides is 1. The lowest BCUT2D eigenvalue weighted by atomic mass is 10.1. The first kappa shape index (κ1) is 9.58. The van der Waals surface area contributed by atoms with E-state index in [0.29, 0.717) is 11.1 Å². The van der Waals surface area contributed by atoms with Crippen LogP contribution in [0.2, 0.25) is 0 Å². The molecule has 15 heavy (non-hydrogen) atoms. The van der Waals surface area contributed by atoms with E-state index < -0.39 is 0 Å². The minimum absolute atomic E-state index is 0.138. The highest BCUT2D eigenvalue weighted by molar-refractivity contribution is 6.04. The molecule has 0 spiro atoms. The molecule has 1 amide bonds. The van der Waals surface area contributed by atoms with Crippen molar-refractivity contribution in [3.05, 3.63) is 35.7 Å². The number of aromatic nitrogens is 2. The Labute approximate surface area is 87.4 Å². The molecule has 2 aromatic rings. The van der Waals surface area contributed by atoms with Crippen LogP contribution >= 0.6 is 0 Å². The third-order valence-corrected chi connectivity index (χ3v) is 2.17. The molecular weight excluding hydrogens is 190 g/mol. The van der Waals surface area contributed by atoms with E-state index in [-0.39, 0.29) is 5.91 Å². The fraction of sp³-hybridized carbons (Fsp3) is 0.182. The molecule has 0 fully saturated rings. The Morgan fingerprint density at radius 1 is 1.40 bits per heavy atom. The van der Waals surface area contributed by atoms with Crippen molar-refractivity contribution < 1.29 is 4.79 Å². The minimum atomic E-state index is -0.138. The molecule has 0 aliphatic carbocycles. The molecule has 2 rings (SSSR count). The van der Waals surface area contributed by atoms with Crippen LogP contribution in [0, 0.1) is 6.92 Å². The summed E-state index contributed by atoms with van der Waals surface area (Å²) in [6.45, 7) is 1.85. The van der Waals surface area contributed by atoms with Crippen molar-refractivity contribution in [1.82, 2.24) is 15.3 Å². The van der Waals surface area contributed by atoms with Gasteiger partial charge in [0, 0.05) is 13.2 Å². The Morgan fingerprint density at radius 3 is 2.93 bits per heavy atom. The molecule has 0 bridgehead atoms. The van der Waals surface area contributed by atoms with Crippen molar-refractivity contribution in [2.24, 2.45) is 0 Å². The third kappa shape index (κ3) is 1.66. The quantitative estimate of drug-likeness (QED) is 0.756. The third-order valence-electron chi connectivity index (χ3n) is 2.17. The molecule has 0 radical (unpaired) electrons. The van der Waals surface area contributed by atoms with Crippen LogP contribution in [0.3, 0.4) is 0 Å². The van der Waals surface area contributed by atoms with Gasteiger partial charge < -0.3 is 5.32 Å². The second-order valence-electron chi connectivity index (χ2n) is 3.26. The second kappa shape index (κ2) is 3.65. The first-order valence-corrected chi connectivity index (χ1v) is 4.67. The summed E-state index contributed by atoms with van der Waals surface area (Å²) in [5, 5.41) is 2.59. The van der Waals surface area contributed by atoms with Gasteiger partial charge in [0.2, 0.25) is 0 Å². The number of carbonyl (C=O) groups is 1. The summed E-state index contributed by atoms with van der Waals surface area (Å²) in [7, 11) is 1.60. The maximum atomic E-state index is 11.6. The number of aryl methyl sites for hydroxylation is 1. The van der Waals surface area contributed by atoms with E-state index in [1.54, 1.807) is 25.4 Å². The maximum absolute atomic E-state index is 11.6. The number of nitrogens with zero attached hydrogens (tertiary/aromatic N) is 2. The summed E-state index contributed by atoms with van der Waals surface area (Å²) in [6.07, 6.45) is 1.69. The van der Waals surface area contributed by atoms with Crippen LogP contribution in [0.1, 0.15) is 16.1 Å². The Bertz CT molecular complexity index is 522. The van der Waals surface area contributed by atoms with Gasteiger partial charge in [-0.25, -0.2) is 4.98 Å². The van der Waals surface area contributed by atoms with Gasteiger partial charge in [0.05, 0.1) is 16.8 Å². The summed E-state index contributed by atoms with van der Waals surface area (Å²) in [6, 6.07) is 5.39. The molecule has 0 aliphatic heterocycles. The fourth-order valence-electron chi connectivity index (χ4n) is 1.44.